The molecule has 0 heterocycles. The molecule has 8 nitrogen and oxygen atoms in total. The van der Waals surface area contributed by atoms with Crippen molar-refractivity contribution in [2.75, 3.05) is 13.2 Å². The van der Waals surface area contributed by atoms with E-state index in [-0.39, 0.29) is 0 Å². The van der Waals surface area contributed by atoms with E-state index in [0.29, 0.717) is 6.42 Å². The van der Waals surface area contributed by atoms with E-state index < -0.39 is 43.6 Å². The molecule has 0 amide bonds. The molecule has 0 aliphatic carbocycles. The largest absolute Gasteiger partial charge is 0.481 e. The molecule has 8 heteroatoms. The number of rotatable bonds is 17. The Bertz CT molecular complexity index is 326. The molecule has 0 spiro atoms. The van der Waals surface area contributed by atoms with Crippen molar-refractivity contribution in [3.8, 4) is 0 Å². The quantitative estimate of drug-likeness (QED) is 0.176. The first-order chi connectivity index (χ1) is 13.3. The standard InChI is InChI=1S/C14H28O2.C6H14O6/c1-2-3-4-5-6-7-8-9-10-11-12-13-14(15)16;7-1-3(9)5(11)6(12)4(10)2-8/h2-13H2,1H3,(H,15,16);3-12H,1-2H2/t;3-,4+,5-,6-/m.1/s1. The summed E-state index contributed by atoms with van der Waals surface area (Å²) in [6.45, 7) is 0.796. The van der Waals surface area contributed by atoms with Crippen LogP contribution in [0.3, 0.4) is 0 Å². The normalized spacial score (nSPS) is 15.2. The van der Waals surface area contributed by atoms with Crippen molar-refractivity contribution >= 4 is 5.97 Å². The first-order valence-electron chi connectivity index (χ1n) is 10.5. The monoisotopic (exact) mass is 410 g/mol. The Morgan fingerprint density at radius 3 is 1.25 bits per heavy atom. The van der Waals surface area contributed by atoms with E-state index in [2.05, 4.69) is 6.92 Å². The summed E-state index contributed by atoms with van der Waals surface area (Å²) >= 11 is 0. The number of carboxylic acid groups (broad SMARTS) is 1. The third kappa shape index (κ3) is 18.6. The Labute approximate surface area is 168 Å². The van der Waals surface area contributed by atoms with E-state index in [4.69, 9.17) is 35.7 Å². The highest BCUT2D eigenvalue weighted by Gasteiger charge is 2.29. The number of hydrogen-bond acceptors (Lipinski definition) is 7. The van der Waals surface area contributed by atoms with Gasteiger partial charge in [-0.05, 0) is 6.42 Å². The maximum Gasteiger partial charge on any atom is 0.303 e. The van der Waals surface area contributed by atoms with Crippen LogP contribution in [0.25, 0.3) is 0 Å². The van der Waals surface area contributed by atoms with Gasteiger partial charge < -0.3 is 35.7 Å². The van der Waals surface area contributed by atoms with E-state index in [1.165, 1.54) is 57.8 Å². The molecule has 0 aliphatic heterocycles. The average Bonchev–Trinajstić information content (AvgIpc) is 2.69. The van der Waals surface area contributed by atoms with Gasteiger partial charge in [-0.2, -0.15) is 0 Å². The molecular weight excluding hydrogens is 368 g/mol. The van der Waals surface area contributed by atoms with E-state index in [1.54, 1.807) is 0 Å². The van der Waals surface area contributed by atoms with Gasteiger partial charge in [0.1, 0.15) is 24.4 Å². The number of hydrogen-bond donors (Lipinski definition) is 7. The minimum atomic E-state index is -1.67. The van der Waals surface area contributed by atoms with Crippen LogP contribution in [-0.4, -0.2) is 79.3 Å². The average molecular weight is 411 g/mol. The molecule has 0 aliphatic rings. The smallest absolute Gasteiger partial charge is 0.303 e. The summed E-state index contributed by atoms with van der Waals surface area (Å²) in [5, 5.41) is 60.6. The van der Waals surface area contributed by atoms with Gasteiger partial charge in [0, 0.05) is 6.42 Å². The first-order valence-corrected chi connectivity index (χ1v) is 10.5. The zero-order chi connectivity index (χ0) is 21.8. The maximum absolute atomic E-state index is 10.3. The zero-order valence-corrected chi connectivity index (χ0v) is 17.2. The predicted octanol–water partition coefficient (Wildman–Crippen LogP) is 1.19. The van der Waals surface area contributed by atoms with Crippen LogP contribution in [0.15, 0.2) is 0 Å². The van der Waals surface area contributed by atoms with Crippen molar-refractivity contribution in [2.45, 2.75) is 108 Å². The minimum Gasteiger partial charge on any atom is -0.481 e. The molecule has 0 rings (SSSR count). The number of carboxylic acids is 1. The lowest BCUT2D eigenvalue weighted by Gasteiger charge is -2.24. The molecule has 0 radical (unpaired) electrons. The molecule has 0 bridgehead atoms. The number of aliphatic hydroxyl groups excluding tert-OH is 6. The van der Waals surface area contributed by atoms with Crippen LogP contribution >= 0.6 is 0 Å². The van der Waals surface area contributed by atoms with E-state index in [0.717, 1.165) is 12.8 Å². The van der Waals surface area contributed by atoms with E-state index >= 15 is 0 Å². The Morgan fingerprint density at radius 1 is 0.643 bits per heavy atom. The number of carbonyl (C=O) groups is 1. The molecule has 0 aromatic heterocycles. The van der Waals surface area contributed by atoms with Gasteiger partial charge in [0.05, 0.1) is 13.2 Å². The lowest BCUT2D eigenvalue weighted by atomic mass is 10.0. The van der Waals surface area contributed by atoms with E-state index in [9.17, 15) is 4.79 Å². The van der Waals surface area contributed by atoms with Gasteiger partial charge >= 0.3 is 5.97 Å². The van der Waals surface area contributed by atoms with Gasteiger partial charge in [-0.1, -0.05) is 71.1 Å². The lowest BCUT2D eigenvalue weighted by molar-refractivity contribution is -0.137. The van der Waals surface area contributed by atoms with Gasteiger partial charge in [-0.15, -0.1) is 0 Å². The van der Waals surface area contributed by atoms with E-state index in [1.807, 2.05) is 0 Å². The Hall–Kier alpha value is -0.770. The highest BCUT2D eigenvalue weighted by Crippen LogP contribution is 2.11. The summed E-state index contributed by atoms with van der Waals surface area (Å²) in [5.74, 6) is -0.657. The third-order valence-corrected chi connectivity index (χ3v) is 4.51. The molecule has 4 atom stereocenters. The second kappa shape index (κ2) is 21.0. The molecule has 0 unspecified atom stereocenters. The lowest BCUT2D eigenvalue weighted by Crippen LogP contribution is -2.46. The summed E-state index contributed by atoms with van der Waals surface area (Å²) in [5.41, 5.74) is 0. The van der Waals surface area contributed by atoms with Crippen LogP contribution in [0.2, 0.25) is 0 Å². The molecule has 0 aromatic rings. The molecular formula is C20H42O8. The van der Waals surface area contributed by atoms with Crippen molar-refractivity contribution < 1.29 is 40.5 Å². The van der Waals surface area contributed by atoms with Gasteiger partial charge in [0.15, 0.2) is 0 Å². The summed E-state index contributed by atoms with van der Waals surface area (Å²) in [7, 11) is 0. The number of aliphatic carboxylic acids is 1. The maximum atomic E-state index is 10.3. The van der Waals surface area contributed by atoms with Gasteiger partial charge in [-0.25, -0.2) is 0 Å². The first kappa shape index (κ1) is 29.4. The van der Waals surface area contributed by atoms with Crippen molar-refractivity contribution in [3.05, 3.63) is 0 Å². The van der Waals surface area contributed by atoms with Crippen molar-refractivity contribution in [2.24, 2.45) is 0 Å². The van der Waals surface area contributed by atoms with Gasteiger partial charge in [0.2, 0.25) is 0 Å². The minimum absolute atomic E-state index is 0.344. The summed E-state index contributed by atoms with van der Waals surface area (Å²) < 4.78 is 0. The molecule has 28 heavy (non-hydrogen) atoms. The third-order valence-electron chi connectivity index (χ3n) is 4.51. The number of unbranched alkanes of at least 4 members (excludes halogenated alkanes) is 10. The molecule has 0 aromatic carbocycles. The molecule has 0 fully saturated rings. The van der Waals surface area contributed by atoms with Crippen molar-refractivity contribution in [3.63, 3.8) is 0 Å². The fourth-order valence-electron chi connectivity index (χ4n) is 2.61. The zero-order valence-electron chi connectivity index (χ0n) is 17.2. The van der Waals surface area contributed by atoms with Crippen LogP contribution in [0.1, 0.15) is 84.0 Å². The second-order valence-corrected chi connectivity index (χ2v) is 7.16. The van der Waals surface area contributed by atoms with Crippen LogP contribution in [0.4, 0.5) is 0 Å². The number of aliphatic hydroxyl groups is 6. The topological polar surface area (TPSA) is 159 Å². The van der Waals surface area contributed by atoms with Gasteiger partial charge in [0.25, 0.3) is 0 Å². The van der Waals surface area contributed by atoms with Crippen LogP contribution in [0.5, 0.6) is 0 Å². The summed E-state index contributed by atoms with van der Waals surface area (Å²) in [6.07, 6.45) is 7.97. The van der Waals surface area contributed by atoms with Crippen molar-refractivity contribution in [1.29, 1.82) is 0 Å². The molecule has 7 N–H and O–H groups in total. The summed E-state index contributed by atoms with van der Waals surface area (Å²) in [6, 6.07) is 0. The Balaban J connectivity index is 0. The van der Waals surface area contributed by atoms with Gasteiger partial charge in [-0.3, -0.25) is 4.79 Å². The Morgan fingerprint density at radius 2 is 0.964 bits per heavy atom. The van der Waals surface area contributed by atoms with Crippen molar-refractivity contribution in [1.82, 2.24) is 0 Å². The predicted molar refractivity (Wildman–Crippen MR) is 107 cm³/mol. The molecule has 170 valence electrons. The highest BCUT2D eigenvalue weighted by molar-refractivity contribution is 5.66. The second-order valence-electron chi connectivity index (χ2n) is 7.16. The SMILES string of the molecule is CCCCCCCCCCCCCC(=O)O.OC[C@@H](O)[C@@H](O)[C@H](O)[C@@H](O)CO. The Kier molecular flexibility index (Phi) is 22.0. The fourth-order valence-corrected chi connectivity index (χ4v) is 2.61. The van der Waals surface area contributed by atoms with Crippen LogP contribution < -0.4 is 0 Å². The fraction of sp³-hybridized carbons (Fsp3) is 0.950. The van der Waals surface area contributed by atoms with Crippen LogP contribution in [0, 0.1) is 0 Å². The summed E-state index contributed by atoms with van der Waals surface area (Å²) in [4.78, 5) is 10.3. The molecule has 0 saturated carbocycles. The highest BCUT2D eigenvalue weighted by atomic mass is 16.4. The van der Waals surface area contributed by atoms with Crippen LogP contribution in [-0.2, 0) is 4.79 Å². The molecule has 0 saturated heterocycles.